The SMILES string of the molecule is O=C(Oc1c[nH]c2ccccc12)[C@H]1O[C@](O)(CO)[C@@H](O)[C@H]1O. The highest BCUT2D eigenvalue weighted by Gasteiger charge is 2.56. The largest absolute Gasteiger partial charge is 0.422 e. The Bertz CT molecular complexity index is 699. The van der Waals surface area contributed by atoms with E-state index >= 15 is 0 Å². The number of carbonyl (C=O) groups excluding carboxylic acids is 1. The van der Waals surface area contributed by atoms with Crippen molar-refractivity contribution in [3.63, 3.8) is 0 Å². The van der Waals surface area contributed by atoms with E-state index in [1.165, 1.54) is 6.20 Å². The summed E-state index contributed by atoms with van der Waals surface area (Å²) in [5.74, 6) is -3.16. The van der Waals surface area contributed by atoms with E-state index in [-0.39, 0.29) is 5.75 Å². The number of hydrogen-bond acceptors (Lipinski definition) is 7. The van der Waals surface area contributed by atoms with E-state index in [0.717, 1.165) is 5.52 Å². The molecule has 4 atom stereocenters. The Kier molecular flexibility index (Phi) is 3.63. The van der Waals surface area contributed by atoms with Crippen LogP contribution in [-0.4, -0.2) is 62.1 Å². The van der Waals surface area contributed by atoms with Gasteiger partial charge in [0.25, 0.3) is 0 Å². The molecule has 118 valence electrons. The highest BCUT2D eigenvalue weighted by atomic mass is 16.7. The maximum absolute atomic E-state index is 12.1. The summed E-state index contributed by atoms with van der Waals surface area (Å²) in [5, 5.41) is 38.8. The standard InChI is InChI=1S/C14H15NO7/c16-6-14(20)12(18)10(17)11(22-14)13(19)21-9-5-15-8-4-2-1-3-7(8)9/h1-5,10-12,15-18,20H,6H2/t10-,11-,12-,14+/m0/s1. The second-order valence-corrected chi connectivity index (χ2v) is 5.10. The number of esters is 1. The number of para-hydroxylation sites is 1. The van der Waals surface area contributed by atoms with Crippen LogP contribution >= 0.6 is 0 Å². The van der Waals surface area contributed by atoms with Gasteiger partial charge in [-0.3, -0.25) is 0 Å². The molecule has 1 aromatic heterocycles. The molecule has 0 spiro atoms. The topological polar surface area (TPSA) is 132 Å². The van der Waals surface area contributed by atoms with Crippen molar-refractivity contribution in [2.24, 2.45) is 0 Å². The molecule has 0 radical (unpaired) electrons. The van der Waals surface area contributed by atoms with Gasteiger partial charge < -0.3 is 34.9 Å². The van der Waals surface area contributed by atoms with E-state index < -0.39 is 36.7 Å². The molecule has 0 amide bonds. The lowest BCUT2D eigenvalue weighted by Crippen LogP contribution is -2.46. The highest BCUT2D eigenvalue weighted by Crippen LogP contribution is 2.31. The van der Waals surface area contributed by atoms with Crippen LogP contribution in [0.15, 0.2) is 30.5 Å². The molecule has 1 fully saturated rings. The lowest BCUT2D eigenvalue weighted by atomic mass is 10.1. The van der Waals surface area contributed by atoms with E-state index in [1.807, 2.05) is 6.07 Å². The Hall–Kier alpha value is -1.97. The number of benzene rings is 1. The Morgan fingerprint density at radius 3 is 2.77 bits per heavy atom. The third kappa shape index (κ3) is 2.27. The molecule has 1 saturated heterocycles. The Morgan fingerprint density at radius 2 is 2.09 bits per heavy atom. The third-order valence-electron chi connectivity index (χ3n) is 3.65. The summed E-state index contributed by atoms with van der Waals surface area (Å²) >= 11 is 0. The quantitative estimate of drug-likeness (QED) is 0.453. The van der Waals surface area contributed by atoms with Crippen molar-refractivity contribution in [2.75, 3.05) is 6.61 Å². The summed E-state index contributed by atoms with van der Waals surface area (Å²) in [4.78, 5) is 15.0. The molecule has 22 heavy (non-hydrogen) atoms. The fraction of sp³-hybridized carbons (Fsp3) is 0.357. The molecule has 1 aliphatic heterocycles. The molecule has 0 saturated carbocycles. The second kappa shape index (κ2) is 5.34. The van der Waals surface area contributed by atoms with Crippen LogP contribution in [0.5, 0.6) is 5.75 Å². The fourth-order valence-corrected chi connectivity index (χ4v) is 2.41. The van der Waals surface area contributed by atoms with Crippen molar-refractivity contribution in [2.45, 2.75) is 24.1 Å². The van der Waals surface area contributed by atoms with Crippen molar-refractivity contribution in [3.05, 3.63) is 30.5 Å². The van der Waals surface area contributed by atoms with Gasteiger partial charge >= 0.3 is 5.97 Å². The second-order valence-electron chi connectivity index (χ2n) is 5.10. The minimum Gasteiger partial charge on any atom is -0.422 e. The number of ether oxygens (including phenoxy) is 2. The summed E-state index contributed by atoms with van der Waals surface area (Å²) in [6.45, 7) is -0.970. The average molecular weight is 309 g/mol. The van der Waals surface area contributed by atoms with Gasteiger partial charge in [0.05, 0.1) is 6.61 Å². The number of aliphatic hydroxyl groups excluding tert-OH is 3. The van der Waals surface area contributed by atoms with E-state index in [1.54, 1.807) is 18.2 Å². The minimum atomic E-state index is -2.40. The number of nitrogens with one attached hydrogen (secondary N) is 1. The minimum absolute atomic E-state index is 0.227. The Labute approximate surface area is 124 Å². The summed E-state index contributed by atoms with van der Waals surface area (Å²) in [6.07, 6.45) is -3.67. The van der Waals surface area contributed by atoms with E-state index in [2.05, 4.69) is 4.98 Å². The number of aromatic amines is 1. The molecule has 8 nitrogen and oxygen atoms in total. The van der Waals surface area contributed by atoms with Crippen LogP contribution in [0, 0.1) is 0 Å². The third-order valence-corrected chi connectivity index (χ3v) is 3.65. The summed E-state index contributed by atoms with van der Waals surface area (Å²) in [5.41, 5.74) is 0.755. The van der Waals surface area contributed by atoms with Crippen LogP contribution < -0.4 is 4.74 Å². The fourth-order valence-electron chi connectivity index (χ4n) is 2.41. The summed E-state index contributed by atoms with van der Waals surface area (Å²) in [7, 11) is 0. The first kappa shape index (κ1) is 14.9. The molecule has 0 unspecified atom stereocenters. The zero-order chi connectivity index (χ0) is 15.9. The van der Waals surface area contributed by atoms with Crippen molar-refractivity contribution in [1.82, 2.24) is 4.98 Å². The van der Waals surface area contributed by atoms with Gasteiger partial charge in [0, 0.05) is 17.1 Å². The molecule has 1 aliphatic rings. The maximum Gasteiger partial charge on any atom is 0.343 e. The predicted octanol–water partition coefficient (Wildman–Crippen LogP) is -1.13. The van der Waals surface area contributed by atoms with Gasteiger partial charge in [-0.15, -0.1) is 0 Å². The lowest BCUT2D eigenvalue weighted by Gasteiger charge is -2.22. The molecule has 2 aromatic rings. The molecular formula is C14H15NO7. The molecule has 0 bridgehead atoms. The van der Waals surface area contributed by atoms with Crippen molar-refractivity contribution in [1.29, 1.82) is 0 Å². The zero-order valence-corrected chi connectivity index (χ0v) is 11.3. The maximum atomic E-state index is 12.1. The van der Waals surface area contributed by atoms with Crippen LogP contribution in [0.2, 0.25) is 0 Å². The molecule has 3 rings (SSSR count). The van der Waals surface area contributed by atoms with E-state index in [9.17, 15) is 20.1 Å². The van der Waals surface area contributed by atoms with Crippen molar-refractivity contribution < 1.29 is 34.7 Å². The normalized spacial score (nSPS) is 31.5. The van der Waals surface area contributed by atoms with Crippen LogP contribution in [0.3, 0.4) is 0 Å². The van der Waals surface area contributed by atoms with Crippen LogP contribution in [0.4, 0.5) is 0 Å². The van der Waals surface area contributed by atoms with Gasteiger partial charge in [0.1, 0.15) is 12.2 Å². The first-order valence-electron chi connectivity index (χ1n) is 6.61. The highest BCUT2D eigenvalue weighted by molar-refractivity contribution is 5.89. The zero-order valence-electron chi connectivity index (χ0n) is 11.3. The van der Waals surface area contributed by atoms with Gasteiger partial charge in [0.2, 0.25) is 5.79 Å². The van der Waals surface area contributed by atoms with Crippen molar-refractivity contribution in [3.8, 4) is 5.75 Å². The van der Waals surface area contributed by atoms with Crippen LogP contribution in [0.1, 0.15) is 0 Å². The first-order chi connectivity index (χ1) is 10.5. The predicted molar refractivity (Wildman–Crippen MR) is 72.9 cm³/mol. The number of aromatic nitrogens is 1. The number of fused-ring (bicyclic) bond motifs is 1. The van der Waals surface area contributed by atoms with E-state index in [0.29, 0.717) is 5.39 Å². The number of hydrogen-bond donors (Lipinski definition) is 5. The molecule has 2 heterocycles. The van der Waals surface area contributed by atoms with Crippen molar-refractivity contribution >= 4 is 16.9 Å². The number of aliphatic hydroxyl groups is 4. The van der Waals surface area contributed by atoms with E-state index in [4.69, 9.17) is 14.6 Å². The van der Waals surface area contributed by atoms with Gasteiger partial charge in [-0.1, -0.05) is 12.1 Å². The average Bonchev–Trinajstić information content (AvgIpc) is 3.03. The van der Waals surface area contributed by atoms with Gasteiger partial charge in [-0.05, 0) is 12.1 Å². The molecule has 0 aliphatic carbocycles. The number of H-pyrrole nitrogens is 1. The van der Waals surface area contributed by atoms with Crippen LogP contribution in [0.25, 0.3) is 10.9 Å². The monoisotopic (exact) mass is 309 g/mol. The molecule has 1 aromatic carbocycles. The first-order valence-corrected chi connectivity index (χ1v) is 6.61. The smallest absolute Gasteiger partial charge is 0.343 e. The lowest BCUT2D eigenvalue weighted by molar-refractivity contribution is -0.246. The van der Waals surface area contributed by atoms with Gasteiger partial charge in [-0.25, -0.2) is 4.79 Å². The summed E-state index contributed by atoms with van der Waals surface area (Å²) < 4.78 is 10.0. The molecular weight excluding hydrogens is 294 g/mol. The Balaban J connectivity index is 1.80. The van der Waals surface area contributed by atoms with Gasteiger partial charge in [0.15, 0.2) is 11.9 Å². The summed E-state index contributed by atoms with van der Waals surface area (Å²) in [6, 6.07) is 7.11. The molecule has 8 heteroatoms. The van der Waals surface area contributed by atoms with Crippen LogP contribution in [-0.2, 0) is 9.53 Å². The number of carbonyl (C=O) groups is 1. The molecule has 5 N–H and O–H groups in total. The van der Waals surface area contributed by atoms with Gasteiger partial charge in [-0.2, -0.15) is 0 Å². The Morgan fingerprint density at radius 1 is 1.36 bits per heavy atom. The number of rotatable bonds is 3.